The van der Waals surface area contributed by atoms with Gasteiger partial charge >= 0.3 is 5.97 Å². The Bertz CT molecular complexity index is 417. The summed E-state index contributed by atoms with van der Waals surface area (Å²) in [7, 11) is 0. The molecule has 98 valence electrons. The van der Waals surface area contributed by atoms with Crippen LogP contribution in [-0.4, -0.2) is 44.9 Å². The largest absolute Gasteiger partial charge is 0.476 e. The molecule has 1 aromatic heterocycles. The number of carbonyl (C=O) groups is 2. The second-order valence-electron chi connectivity index (χ2n) is 3.83. The summed E-state index contributed by atoms with van der Waals surface area (Å²) in [5.74, 6) is -1.37. The highest BCUT2D eigenvalue weighted by Gasteiger charge is 2.16. The number of rotatable bonds is 6. The summed E-state index contributed by atoms with van der Waals surface area (Å²) in [5.41, 5.74) is 0.0149. The van der Waals surface area contributed by atoms with E-state index in [-0.39, 0.29) is 17.3 Å². The molecule has 6 nitrogen and oxygen atoms in total. The van der Waals surface area contributed by atoms with Crippen LogP contribution in [0.25, 0.3) is 0 Å². The van der Waals surface area contributed by atoms with Gasteiger partial charge in [0.15, 0.2) is 5.69 Å². The van der Waals surface area contributed by atoms with Crippen molar-refractivity contribution in [3.63, 3.8) is 0 Å². The molecule has 1 heterocycles. The minimum absolute atomic E-state index is 0.164. The highest BCUT2D eigenvalue weighted by atomic mass is 16.4. The van der Waals surface area contributed by atoms with Crippen LogP contribution in [0.4, 0.5) is 0 Å². The summed E-state index contributed by atoms with van der Waals surface area (Å²) in [6.45, 7) is 5.22. The molecule has 0 aromatic carbocycles. The fourth-order valence-corrected chi connectivity index (χ4v) is 1.46. The van der Waals surface area contributed by atoms with Crippen molar-refractivity contribution in [3.05, 3.63) is 23.8 Å². The van der Waals surface area contributed by atoms with Crippen molar-refractivity contribution in [3.8, 4) is 0 Å². The fraction of sp³-hybridized carbons (Fsp3) is 0.500. The first-order valence-electron chi connectivity index (χ1n) is 5.94. The molecule has 0 aliphatic heterocycles. The molecular weight excluding hydrogens is 234 g/mol. The van der Waals surface area contributed by atoms with Crippen LogP contribution in [0, 0.1) is 0 Å². The average Bonchev–Trinajstić information content (AvgIpc) is 2.39. The maximum atomic E-state index is 12.0. The molecule has 0 aliphatic carbocycles. The third kappa shape index (κ3) is 3.51. The van der Waals surface area contributed by atoms with Gasteiger partial charge in [0.25, 0.3) is 5.91 Å². The van der Waals surface area contributed by atoms with Crippen LogP contribution >= 0.6 is 0 Å². The van der Waals surface area contributed by atoms with Gasteiger partial charge in [0.1, 0.15) is 5.69 Å². The van der Waals surface area contributed by atoms with Gasteiger partial charge in [0, 0.05) is 13.1 Å². The number of aromatic nitrogens is 2. The summed E-state index contributed by atoms with van der Waals surface area (Å²) in [6, 6.07) is 0. The lowest BCUT2D eigenvalue weighted by molar-refractivity contribution is 0.0685. The minimum Gasteiger partial charge on any atom is -0.476 e. The minimum atomic E-state index is -1.15. The maximum absolute atomic E-state index is 12.0. The van der Waals surface area contributed by atoms with E-state index in [0.717, 1.165) is 19.0 Å². The molecule has 6 heteroatoms. The third-order valence-corrected chi connectivity index (χ3v) is 2.54. The number of carboxylic acid groups (broad SMARTS) is 1. The van der Waals surface area contributed by atoms with Gasteiger partial charge in [0.05, 0.1) is 12.4 Å². The van der Waals surface area contributed by atoms with Gasteiger partial charge in [-0.15, -0.1) is 0 Å². The zero-order valence-electron chi connectivity index (χ0n) is 10.6. The third-order valence-electron chi connectivity index (χ3n) is 2.54. The molecule has 0 radical (unpaired) electrons. The summed E-state index contributed by atoms with van der Waals surface area (Å²) in [4.78, 5) is 31.9. The lowest BCUT2D eigenvalue weighted by Gasteiger charge is -2.19. The van der Waals surface area contributed by atoms with E-state index in [1.807, 2.05) is 6.92 Å². The van der Waals surface area contributed by atoms with Crippen molar-refractivity contribution in [1.82, 2.24) is 14.9 Å². The van der Waals surface area contributed by atoms with E-state index < -0.39 is 5.97 Å². The number of nitrogens with zero attached hydrogens (tertiary/aromatic N) is 3. The Hall–Kier alpha value is -1.98. The van der Waals surface area contributed by atoms with Gasteiger partial charge in [-0.3, -0.25) is 4.79 Å². The van der Waals surface area contributed by atoms with E-state index >= 15 is 0 Å². The van der Waals surface area contributed by atoms with Gasteiger partial charge in [-0.2, -0.15) is 0 Å². The highest BCUT2D eigenvalue weighted by molar-refractivity contribution is 5.92. The zero-order chi connectivity index (χ0) is 13.5. The smallest absolute Gasteiger partial charge is 0.356 e. The Morgan fingerprint density at radius 2 is 1.83 bits per heavy atom. The molecule has 0 atom stereocenters. The van der Waals surface area contributed by atoms with E-state index in [1.165, 1.54) is 6.20 Å². The standard InChI is InChI=1S/C12H17N3O3/c1-3-5-6-15(4-2)11(16)9-7-14-10(8-13-9)12(17)18/h7-8H,3-6H2,1-2H3,(H,17,18). The van der Waals surface area contributed by atoms with Crippen LogP contribution in [0.5, 0.6) is 0 Å². The Kier molecular flexibility index (Phi) is 5.23. The predicted octanol–water partition coefficient (Wildman–Crippen LogP) is 1.44. The first kappa shape index (κ1) is 14.1. The molecule has 1 N–H and O–H groups in total. The van der Waals surface area contributed by atoms with Crippen LogP contribution in [0.3, 0.4) is 0 Å². The van der Waals surface area contributed by atoms with Crippen molar-refractivity contribution in [2.75, 3.05) is 13.1 Å². The second-order valence-corrected chi connectivity index (χ2v) is 3.83. The molecule has 0 fully saturated rings. The topological polar surface area (TPSA) is 83.4 Å². The highest BCUT2D eigenvalue weighted by Crippen LogP contribution is 2.03. The summed E-state index contributed by atoms with van der Waals surface area (Å²) in [6.07, 6.45) is 4.25. The number of carboxylic acids is 1. The van der Waals surface area contributed by atoms with Gasteiger partial charge < -0.3 is 10.0 Å². The van der Waals surface area contributed by atoms with Crippen LogP contribution in [0.15, 0.2) is 12.4 Å². The number of aromatic carboxylic acids is 1. The Morgan fingerprint density at radius 1 is 1.22 bits per heavy atom. The molecule has 0 saturated carbocycles. The maximum Gasteiger partial charge on any atom is 0.356 e. The SMILES string of the molecule is CCCCN(CC)C(=O)c1cnc(C(=O)O)cn1. The predicted molar refractivity (Wildman–Crippen MR) is 65.5 cm³/mol. The molecule has 0 unspecified atom stereocenters. The van der Waals surface area contributed by atoms with Gasteiger partial charge in [0.2, 0.25) is 0 Å². The average molecular weight is 251 g/mol. The first-order chi connectivity index (χ1) is 8.60. The van der Waals surface area contributed by atoms with Gasteiger partial charge in [-0.25, -0.2) is 14.8 Å². The van der Waals surface area contributed by atoms with Crippen molar-refractivity contribution in [2.24, 2.45) is 0 Å². The Balaban J connectivity index is 2.78. The van der Waals surface area contributed by atoms with E-state index in [4.69, 9.17) is 5.11 Å². The molecule has 0 bridgehead atoms. The lowest BCUT2D eigenvalue weighted by atomic mass is 10.3. The molecule has 18 heavy (non-hydrogen) atoms. The van der Waals surface area contributed by atoms with E-state index in [0.29, 0.717) is 13.1 Å². The van der Waals surface area contributed by atoms with Gasteiger partial charge in [-0.05, 0) is 13.3 Å². The monoisotopic (exact) mass is 251 g/mol. The molecule has 0 spiro atoms. The number of amides is 1. The van der Waals surface area contributed by atoms with Crippen molar-refractivity contribution in [1.29, 1.82) is 0 Å². The quantitative estimate of drug-likeness (QED) is 0.827. The van der Waals surface area contributed by atoms with Crippen molar-refractivity contribution in [2.45, 2.75) is 26.7 Å². The van der Waals surface area contributed by atoms with Crippen LogP contribution in [0.1, 0.15) is 47.7 Å². The first-order valence-corrected chi connectivity index (χ1v) is 5.94. The van der Waals surface area contributed by atoms with Crippen molar-refractivity contribution < 1.29 is 14.7 Å². The normalized spacial score (nSPS) is 10.1. The van der Waals surface area contributed by atoms with Crippen LogP contribution < -0.4 is 0 Å². The summed E-state index contributed by atoms with van der Waals surface area (Å²) in [5, 5.41) is 8.69. The summed E-state index contributed by atoms with van der Waals surface area (Å²) < 4.78 is 0. The number of hydrogen-bond donors (Lipinski definition) is 1. The van der Waals surface area contributed by atoms with Crippen LogP contribution in [0.2, 0.25) is 0 Å². The van der Waals surface area contributed by atoms with Crippen molar-refractivity contribution >= 4 is 11.9 Å². The molecule has 0 aliphatic rings. The van der Waals surface area contributed by atoms with Crippen LogP contribution in [-0.2, 0) is 0 Å². The van der Waals surface area contributed by atoms with E-state index in [1.54, 1.807) is 4.90 Å². The van der Waals surface area contributed by atoms with E-state index in [2.05, 4.69) is 16.9 Å². The second kappa shape index (κ2) is 6.68. The number of hydrogen-bond acceptors (Lipinski definition) is 4. The van der Waals surface area contributed by atoms with Gasteiger partial charge in [-0.1, -0.05) is 13.3 Å². The fourth-order valence-electron chi connectivity index (χ4n) is 1.46. The van der Waals surface area contributed by atoms with E-state index in [9.17, 15) is 9.59 Å². The molecular formula is C12H17N3O3. The number of carbonyl (C=O) groups excluding carboxylic acids is 1. The summed E-state index contributed by atoms with van der Waals surface area (Å²) >= 11 is 0. The number of unbranched alkanes of at least 4 members (excludes halogenated alkanes) is 1. The molecule has 0 saturated heterocycles. The Morgan fingerprint density at radius 3 is 2.28 bits per heavy atom. The Labute approximate surface area is 106 Å². The lowest BCUT2D eigenvalue weighted by Crippen LogP contribution is -2.32. The molecule has 1 amide bonds. The zero-order valence-corrected chi connectivity index (χ0v) is 10.6. The molecule has 1 aromatic rings. The molecule has 1 rings (SSSR count).